The van der Waals surface area contributed by atoms with E-state index >= 15 is 0 Å². The van der Waals surface area contributed by atoms with Crippen LogP contribution in [0.2, 0.25) is 0 Å². The van der Waals surface area contributed by atoms with Crippen LogP contribution >= 0.6 is 0 Å². The molecule has 0 saturated heterocycles. The molecule has 0 fully saturated rings. The van der Waals surface area contributed by atoms with Crippen LogP contribution in [0.25, 0.3) is 0 Å². The monoisotopic (exact) mass is 274 g/mol. The molecule has 6 heteroatoms. The lowest BCUT2D eigenvalue weighted by molar-refractivity contribution is 0.0512. The van der Waals surface area contributed by atoms with E-state index in [1.807, 2.05) is 18.2 Å². The summed E-state index contributed by atoms with van der Waals surface area (Å²) in [4.78, 5) is 15.5. The highest BCUT2D eigenvalue weighted by Gasteiger charge is 2.12. The van der Waals surface area contributed by atoms with E-state index in [1.165, 1.54) is 5.56 Å². The number of hydrogen-bond acceptors (Lipinski definition) is 5. The molecule has 1 heterocycles. The molecule has 0 atom stereocenters. The Bertz CT molecular complexity index is 580. The van der Waals surface area contributed by atoms with Gasteiger partial charge in [0.15, 0.2) is 0 Å². The van der Waals surface area contributed by atoms with Gasteiger partial charge in [0.1, 0.15) is 5.82 Å². The SMILES string of the molecule is CCOC(=O)c1n[nH]c(CCNc2ccccc2C)n1. The maximum Gasteiger partial charge on any atom is 0.378 e. The molecule has 0 amide bonds. The molecule has 2 N–H and O–H groups in total. The fraction of sp³-hybridized carbons (Fsp3) is 0.357. The molecule has 6 nitrogen and oxygen atoms in total. The predicted molar refractivity (Wildman–Crippen MR) is 75.7 cm³/mol. The van der Waals surface area contributed by atoms with E-state index in [4.69, 9.17) is 4.74 Å². The zero-order valence-corrected chi connectivity index (χ0v) is 11.6. The van der Waals surface area contributed by atoms with E-state index in [9.17, 15) is 4.79 Å². The molecule has 1 aromatic carbocycles. The number of aromatic amines is 1. The van der Waals surface area contributed by atoms with E-state index in [-0.39, 0.29) is 5.82 Å². The van der Waals surface area contributed by atoms with E-state index in [2.05, 4.69) is 33.5 Å². The van der Waals surface area contributed by atoms with Gasteiger partial charge < -0.3 is 10.1 Å². The second-order valence-electron chi connectivity index (χ2n) is 4.32. The topological polar surface area (TPSA) is 79.9 Å². The van der Waals surface area contributed by atoms with Crippen LogP contribution in [0.1, 0.15) is 28.9 Å². The third-order valence-corrected chi connectivity index (χ3v) is 2.81. The largest absolute Gasteiger partial charge is 0.460 e. The molecule has 0 spiro atoms. The quantitative estimate of drug-likeness (QED) is 0.787. The maximum atomic E-state index is 11.4. The van der Waals surface area contributed by atoms with E-state index in [0.717, 1.165) is 5.69 Å². The van der Waals surface area contributed by atoms with Crippen molar-refractivity contribution in [2.75, 3.05) is 18.5 Å². The van der Waals surface area contributed by atoms with Crippen LogP contribution in [0.5, 0.6) is 0 Å². The average molecular weight is 274 g/mol. The van der Waals surface area contributed by atoms with Gasteiger partial charge in [0.2, 0.25) is 0 Å². The molecule has 0 aliphatic carbocycles. The maximum absolute atomic E-state index is 11.4. The molecule has 0 unspecified atom stereocenters. The Labute approximate surface area is 117 Å². The zero-order valence-electron chi connectivity index (χ0n) is 11.6. The summed E-state index contributed by atoms with van der Waals surface area (Å²) in [6.45, 7) is 4.83. The molecule has 1 aromatic heterocycles. The third kappa shape index (κ3) is 3.57. The fourth-order valence-electron chi connectivity index (χ4n) is 1.78. The number of aromatic nitrogens is 3. The van der Waals surface area contributed by atoms with Crippen molar-refractivity contribution < 1.29 is 9.53 Å². The zero-order chi connectivity index (χ0) is 14.4. The summed E-state index contributed by atoms with van der Waals surface area (Å²) in [6.07, 6.45) is 0.654. The summed E-state index contributed by atoms with van der Waals surface area (Å²) in [5, 5.41) is 9.90. The number of benzene rings is 1. The summed E-state index contributed by atoms with van der Waals surface area (Å²) in [5.74, 6) is 0.244. The van der Waals surface area contributed by atoms with Gasteiger partial charge >= 0.3 is 5.97 Å². The Morgan fingerprint density at radius 3 is 2.95 bits per heavy atom. The van der Waals surface area contributed by atoms with Crippen LogP contribution in [-0.4, -0.2) is 34.3 Å². The standard InChI is InChI=1S/C14H18N4O2/c1-3-20-14(19)13-16-12(17-18-13)8-9-15-11-7-5-4-6-10(11)2/h4-7,15H,3,8-9H2,1-2H3,(H,16,17,18). The highest BCUT2D eigenvalue weighted by atomic mass is 16.5. The number of carbonyl (C=O) groups is 1. The van der Waals surface area contributed by atoms with Crippen molar-refractivity contribution in [3.8, 4) is 0 Å². The minimum Gasteiger partial charge on any atom is -0.460 e. The van der Waals surface area contributed by atoms with E-state index in [0.29, 0.717) is 25.4 Å². The second-order valence-corrected chi connectivity index (χ2v) is 4.32. The van der Waals surface area contributed by atoms with Gasteiger partial charge in [0.05, 0.1) is 6.61 Å². The third-order valence-electron chi connectivity index (χ3n) is 2.81. The van der Waals surface area contributed by atoms with Crippen LogP contribution in [0.4, 0.5) is 5.69 Å². The van der Waals surface area contributed by atoms with Gasteiger partial charge in [-0.3, -0.25) is 5.10 Å². The first-order valence-corrected chi connectivity index (χ1v) is 6.58. The van der Waals surface area contributed by atoms with E-state index in [1.54, 1.807) is 6.92 Å². The lowest BCUT2D eigenvalue weighted by Crippen LogP contribution is -2.08. The lowest BCUT2D eigenvalue weighted by atomic mass is 10.2. The van der Waals surface area contributed by atoms with Gasteiger partial charge in [-0.1, -0.05) is 18.2 Å². The number of H-pyrrole nitrogens is 1. The van der Waals surface area contributed by atoms with Crippen molar-refractivity contribution in [3.63, 3.8) is 0 Å². The number of para-hydroxylation sites is 1. The van der Waals surface area contributed by atoms with Crippen molar-refractivity contribution in [2.24, 2.45) is 0 Å². The molecule has 0 radical (unpaired) electrons. The Morgan fingerprint density at radius 1 is 1.40 bits per heavy atom. The van der Waals surface area contributed by atoms with Crippen LogP contribution in [0, 0.1) is 6.92 Å². The molecule has 0 saturated carbocycles. The summed E-state index contributed by atoms with van der Waals surface area (Å²) < 4.78 is 4.83. The van der Waals surface area contributed by atoms with Gasteiger partial charge in [0.25, 0.3) is 5.82 Å². The number of nitrogens with zero attached hydrogens (tertiary/aromatic N) is 2. The van der Waals surface area contributed by atoms with Gasteiger partial charge in [0, 0.05) is 18.7 Å². The molecule has 106 valence electrons. The van der Waals surface area contributed by atoms with Crippen molar-refractivity contribution in [1.29, 1.82) is 0 Å². The van der Waals surface area contributed by atoms with Crippen LogP contribution in [0.15, 0.2) is 24.3 Å². The number of anilines is 1. The van der Waals surface area contributed by atoms with Crippen molar-refractivity contribution in [2.45, 2.75) is 20.3 Å². The number of carbonyl (C=O) groups excluding carboxylic acids is 1. The first-order valence-electron chi connectivity index (χ1n) is 6.58. The highest BCUT2D eigenvalue weighted by molar-refractivity contribution is 5.84. The van der Waals surface area contributed by atoms with Crippen LogP contribution < -0.4 is 5.32 Å². The minimum absolute atomic E-state index is 0.0812. The highest BCUT2D eigenvalue weighted by Crippen LogP contribution is 2.12. The second kappa shape index (κ2) is 6.70. The smallest absolute Gasteiger partial charge is 0.378 e. The first kappa shape index (κ1) is 14.0. The number of aryl methyl sites for hydroxylation is 1. The predicted octanol–water partition coefficient (Wildman–Crippen LogP) is 1.94. The van der Waals surface area contributed by atoms with Gasteiger partial charge in [-0.25, -0.2) is 9.78 Å². The number of hydrogen-bond donors (Lipinski definition) is 2. The number of esters is 1. The van der Waals surface area contributed by atoms with Crippen molar-refractivity contribution in [1.82, 2.24) is 15.2 Å². The molecular weight excluding hydrogens is 256 g/mol. The normalized spacial score (nSPS) is 10.3. The van der Waals surface area contributed by atoms with Gasteiger partial charge in [-0.15, -0.1) is 5.10 Å². The summed E-state index contributed by atoms with van der Waals surface area (Å²) in [5.41, 5.74) is 2.29. The summed E-state index contributed by atoms with van der Waals surface area (Å²) in [7, 11) is 0. The Balaban J connectivity index is 1.86. The fourth-order valence-corrected chi connectivity index (χ4v) is 1.78. The number of ether oxygens (including phenoxy) is 1. The molecule has 2 aromatic rings. The van der Waals surface area contributed by atoms with Gasteiger partial charge in [-0.05, 0) is 25.5 Å². The average Bonchev–Trinajstić information content (AvgIpc) is 2.90. The van der Waals surface area contributed by atoms with E-state index < -0.39 is 5.97 Å². The van der Waals surface area contributed by atoms with Crippen molar-refractivity contribution >= 4 is 11.7 Å². The molecule has 2 rings (SSSR count). The first-order chi connectivity index (χ1) is 9.70. The Morgan fingerprint density at radius 2 is 2.20 bits per heavy atom. The summed E-state index contributed by atoms with van der Waals surface area (Å²) >= 11 is 0. The number of nitrogens with one attached hydrogen (secondary N) is 2. The van der Waals surface area contributed by atoms with Crippen LogP contribution in [-0.2, 0) is 11.2 Å². The molecular formula is C14H18N4O2. The molecule has 0 aliphatic heterocycles. The van der Waals surface area contributed by atoms with Crippen molar-refractivity contribution in [3.05, 3.63) is 41.5 Å². The molecule has 0 bridgehead atoms. The van der Waals surface area contributed by atoms with Crippen LogP contribution in [0.3, 0.4) is 0 Å². The molecule has 0 aliphatic rings. The number of rotatable bonds is 6. The summed E-state index contributed by atoms with van der Waals surface area (Å²) in [6, 6.07) is 8.07. The Hall–Kier alpha value is -2.37. The minimum atomic E-state index is -0.498. The molecule has 20 heavy (non-hydrogen) atoms. The Kier molecular flexibility index (Phi) is 4.70. The van der Waals surface area contributed by atoms with Gasteiger partial charge in [-0.2, -0.15) is 0 Å². The lowest BCUT2D eigenvalue weighted by Gasteiger charge is -2.07.